The van der Waals surface area contributed by atoms with Crippen LogP contribution >= 0.6 is 11.3 Å². The van der Waals surface area contributed by atoms with Crippen LogP contribution in [0, 0.1) is 0 Å². The minimum absolute atomic E-state index is 0.521. The van der Waals surface area contributed by atoms with Crippen molar-refractivity contribution in [3.8, 4) is 0 Å². The fraction of sp³-hybridized carbons (Fsp3) is 0.250. The van der Waals surface area contributed by atoms with Crippen LogP contribution in [0.5, 0.6) is 0 Å². The van der Waals surface area contributed by atoms with Gasteiger partial charge in [-0.25, -0.2) is 0 Å². The maximum Gasteiger partial charge on any atom is 0.0356 e. The predicted octanol–water partition coefficient (Wildman–Crippen LogP) is 5.26. The molecule has 1 N–H and O–H groups in total. The molecular formula is C16H17NS. The van der Waals surface area contributed by atoms with Crippen LogP contribution in [0.25, 0.3) is 20.2 Å². The van der Waals surface area contributed by atoms with Gasteiger partial charge in [0, 0.05) is 31.9 Å². The Morgan fingerprint density at radius 3 is 2.67 bits per heavy atom. The van der Waals surface area contributed by atoms with Gasteiger partial charge in [0.05, 0.1) is 0 Å². The summed E-state index contributed by atoms with van der Waals surface area (Å²) in [5.74, 6) is 0. The van der Waals surface area contributed by atoms with Crippen LogP contribution in [-0.4, -0.2) is 6.04 Å². The van der Waals surface area contributed by atoms with Crippen molar-refractivity contribution < 1.29 is 0 Å². The molecule has 1 nitrogen and oxygen atoms in total. The van der Waals surface area contributed by atoms with Crippen molar-refractivity contribution in [2.45, 2.75) is 26.3 Å². The summed E-state index contributed by atoms with van der Waals surface area (Å²) in [4.78, 5) is 0. The molecule has 0 aliphatic carbocycles. The van der Waals surface area contributed by atoms with Crippen molar-refractivity contribution in [3.05, 3.63) is 42.5 Å². The Bertz CT molecular complexity index is 684. The Morgan fingerprint density at radius 2 is 1.83 bits per heavy atom. The lowest BCUT2D eigenvalue weighted by molar-refractivity contribution is 0.764. The summed E-state index contributed by atoms with van der Waals surface area (Å²) in [6, 6.07) is 15.8. The van der Waals surface area contributed by atoms with E-state index in [4.69, 9.17) is 0 Å². The van der Waals surface area contributed by atoms with Gasteiger partial charge in [0.2, 0.25) is 0 Å². The highest BCUT2D eigenvalue weighted by Gasteiger charge is 2.06. The smallest absolute Gasteiger partial charge is 0.0356 e. The number of benzene rings is 2. The van der Waals surface area contributed by atoms with Gasteiger partial charge < -0.3 is 5.32 Å². The van der Waals surface area contributed by atoms with Gasteiger partial charge in [-0.2, -0.15) is 0 Å². The first-order valence-electron chi connectivity index (χ1n) is 6.46. The van der Waals surface area contributed by atoms with Gasteiger partial charge in [-0.15, -0.1) is 11.3 Å². The average molecular weight is 255 g/mol. The molecule has 3 rings (SSSR count). The molecule has 1 unspecified atom stereocenters. The number of nitrogens with one attached hydrogen (secondary N) is 1. The lowest BCUT2D eigenvalue weighted by atomic mass is 10.1. The fourth-order valence-electron chi connectivity index (χ4n) is 2.20. The van der Waals surface area contributed by atoms with Crippen molar-refractivity contribution in [1.29, 1.82) is 0 Å². The van der Waals surface area contributed by atoms with Gasteiger partial charge in [-0.1, -0.05) is 25.1 Å². The molecule has 0 aliphatic rings. The fourth-order valence-corrected chi connectivity index (χ4v) is 3.29. The van der Waals surface area contributed by atoms with Crippen molar-refractivity contribution in [2.24, 2.45) is 0 Å². The third kappa shape index (κ3) is 1.97. The molecule has 3 aromatic rings. The summed E-state index contributed by atoms with van der Waals surface area (Å²) in [6.07, 6.45) is 1.14. The standard InChI is InChI=1S/C16H17NS/c1-3-11(2)17-12-8-9-16-14(10-12)13-6-4-5-7-15(13)18-16/h4-11,17H,3H2,1-2H3. The minimum atomic E-state index is 0.521. The molecule has 0 saturated carbocycles. The Morgan fingerprint density at radius 1 is 1.06 bits per heavy atom. The third-order valence-electron chi connectivity index (χ3n) is 3.40. The second-order valence-electron chi connectivity index (χ2n) is 4.76. The molecule has 0 radical (unpaired) electrons. The van der Waals surface area contributed by atoms with Crippen molar-refractivity contribution in [2.75, 3.05) is 5.32 Å². The van der Waals surface area contributed by atoms with E-state index in [0.29, 0.717) is 6.04 Å². The van der Waals surface area contributed by atoms with Crippen LogP contribution in [0.2, 0.25) is 0 Å². The maximum atomic E-state index is 3.54. The van der Waals surface area contributed by atoms with Crippen LogP contribution in [-0.2, 0) is 0 Å². The van der Waals surface area contributed by atoms with Crippen LogP contribution in [0.1, 0.15) is 20.3 Å². The SMILES string of the molecule is CCC(C)Nc1ccc2sc3ccccc3c2c1. The Kier molecular flexibility index (Phi) is 2.96. The van der Waals surface area contributed by atoms with Gasteiger partial charge >= 0.3 is 0 Å². The van der Waals surface area contributed by atoms with Crippen molar-refractivity contribution in [3.63, 3.8) is 0 Å². The molecule has 0 aliphatic heterocycles. The van der Waals surface area contributed by atoms with Crippen LogP contribution in [0.4, 0.5) is 5.69 Å². The maximum absolute atomic E-state index is 3.54. The number of anilines is 1. The quantitative estimate of drug-likeness (QED) is 0.672. The molecule has 0 bridgehead atoms. The summed E-state index contributed by atoms with van der Waals surface area (Å²) < 4.78 is 2.74. The molecule has 1 heterocycles. The minimum Gasteiger partial charge on any atom is -0.383 e. The molecule has 92 valence electrons. The second-order valence-corrected chi connectivity index (χ2v) is 5.85. The summed E-state index contributed by atoms with van der Waals surface area (Å²) in [6.45, 7) is 4.42. The molecule has 0 fully saturated rings. The van der Waals surface area contributed by atoms with Gasteiger partial charge in [-0.05, 0) is 37.6 Å². The summed E-state index contributed by atoms with van der Waals surface area (Å²) in [5, 5.41) is 6.27. The number of hydrogen-bond acceptors (Lipinski definition) is 2. The lowest BCUT2D eigenvalue weighted by Gasteiger charge is -2.12. The van der Waals surface area contributed by atoms with E-state index in [-0.39, 0.29) is 0 Å². The lowest BCUT2D eigenvalue weighted by Crippen LogP contribution is -2.12. The largest absolute Gasteiger partial charge is 0.383 e. The number of hydrogen-bond donors (Lipinski definition) is 1. The van der Waals surface area contributed by atoms with E-state index < -0.39 is 0 Å². The number of fused-ring (bicyclic) bond motifs is 3. The van der Waals surface area contributed by atoms with E-state index in [9.17, 15) is 0 Å². The summed E-state index contributed by atoms with van der Waals surface area (Å²) in [7, 11) is 0. The normalized spacial score (nSPS) is 13.0. The molecule has 0 saturated heterocycles. The van der Waals surface area contributed by atoms with Crippen LogP contribution in [0.3, 0.4) is 0 Å². The number of rotatable bonds is 3. The molecule has 18 heavy (non-hydrogen) atoms. The molecule has 2 heteroatoms. The van der Waals surface area contributed by atoms with Gasteiger partial charge in [0.15, 0.2) is 0 Å². The molecule has 1 atom stereocenters. The van der Waals surface area contributed by atoms with Crippen molar-refractivity contribution >= 4 is 37.2 Å². The van der Waals surface area contributed by atoms with Gasteiger partial charge in [0.1, 0.15) is 0 Å². The van der Waals surface area contributed by atoms with E-state index in [0.717, 1.165) is 6.42 Å². The highest BCUT2D eigenvalue weighted by atomic mass is 32.1. The van der Waals surface area contributed by atoms with Crippen molar-refractivity contribution in [1.82, 2.24) is 0 Å². The summed E-state index contributed by atoms with van der Waals surface area (Å²) in [5.41, 5.74) is 1.22. The highest BCUT2D eigenvalue weighted by molar-refractivity contribution is 7.25. The van der Waals surface area contributed by atoms with E-state index >= 15 is 0 Å². The van der Waals surface area contributed by atoms with Crippen LogP contribution < -0.4 is 5.32 Å². The average Bonchev–Trinajstić information content (AvgIpc) is 2.77. The molecule has 0 amide bonds. The zero-order valence-electron chi connectivity index (χ0n) is 10.7. The van der Waals surface area contributed by atoms with Crippen LogP contribution in [0.15, 0.2) is 42.5 Å². The van der Waals surface area contributed by atoms with E-state index in [1.54, 1.807) is 0 Å². The molecular weight excluding hydrogens is 238 g/mol. The van der Waals surface area contributed by atoms with Gasteiger partial charge in [0.25, 0.3) is 0 Å². The predicted molar refractivity (Wildman–Crippen MR) is 82.7 cm³/mol. The number of thiophene rings is 1. The summed E-state index contributed by atoms with van der Waals surface area (Å²) >= 11 is 1.87. The van der Waals surface area contributed by atoms with Gasteiger partial charge in [-0.3, -0.25) is 0 Å². The van der Waals surface area contributed by atoms with E-state index in [2.05, 4.69) is 61.6 Å². The first kappa shape index (κ1) is 11.5. The first-order valence-corrected chi connectivity index (χ1v) is 7.27. The molecule has 2 aromatic carbocycles. The molecule has 1 aromatic heterocycles. The Balaban J connectivity index is 2.12. The monoisotopic (exact) mass is 255 g/mol. The van der Waals surface area contributed by atoms with E-state index in [1.165, 1.54) is 25.9 Å². The zero-order chi connectivity index (χ0) is 12.5. The topological polar surface area (TPSA) is 12.0 Å². The third-order valence-corrected chi connectivity index (χ3v) is 4.55. The molecule has 0 spiro atoms. The zero-order valence-corrected chi connectivity index (χ0v) is 11.6. The van der Waals surface area contributed by atoms with E-state index in [1.807, 2.05) is 11.3 Å². The Labute approximate surface area is 111 Å². The Hall–Kier alpha value is -1.54. The first-order chi connectivity index (χ1) is 8.78. The highest BCUT2D eigenvalue weighted by Crippen LogP contribution is 2.35. The second kappa shape index (κ2) is 4.62.